The predicted molar refractivity (Wildman–Crippen MR) is 51.6 cm³/mol. The standard InChI is InChI=1S/C5H5N.C2H6.CH5BO2/c1-2-4-6-5-3-1;1-2;1-2(3)4/h1-5H;1-2H3;3-4H,1H3. The van der Waals surface area contributed by atoms with Crippen LogP contribution in [0.5, 0.6) is 0 Å². The summed E-state index contributed by atoms with van der Waals surface area (Å²) in [6.07, 6.45) is 3.50. The average Bonchev–Trinajstić information content (AvgIpc) is 2.10. The van der Waals surface area contributed by atoms with Crippen LogP contribution >= 0.6 is 0 Å². The largest absolute Gasteiger partial charge is 0.448 e. The Morgan fingerprint density at radius 1 is 1.00 bits per heavy atom. The zero-order chi connectivity index (χ0) is 9.82. The highest BCUT2D eigenvalue weighted by atomic mass is 16.4. The Morgan fingerprint density at radius 2 is 1.33 bits per heavy atom. The van der Waals surface area contributed by atoms with Crippen molar-refractivity contribution in [3.05, 3.63) is 30.6 Å². The molecule has 0 atom stereocenters. The smallest absolute Gasteiger partial charge is 0.427 e. The van der Waals surface area contributed by atoms with Crippen molar-refractivity contribution in [1.29, 1.82) is 0 Å². The van der Waals surface area contributed by atoms with Gasteiger partial charge in [-0.15, -0.1) is 0 Å². The lowest BCUT2D eigenvalue weighted by Crippen LogP contribution is -2.00. The molecule has 0 aliphatic heterocycles. The van der Waals surface area contributed by atoms with Crippen LogP contribution in [-0.2, 0) is 0 Å². The number of nitrogens with zero attached hydrogens (tertiary/aromatic N) is 1. The molecule has 0 spiro atoms. The summed E-state index contributed by atoms with van der Waals surface area (Å²) in [6, 6.07) is 5.72. The van der Waals surface area contributed by atoms with Gasteiger partial charge in [0.05, 0.1) is 0 Å². The van der Waals surface area contributed by atoms with Gasteiger partial charge >= 0.3 is 7.12 Å². The van der Waals surface area contributed by atoms with Crippen molar-refractivity contribution >= 4 is 7.12 Å². The van der Waals surface area contributed by atoms with E-state index in [0.29, 0.717) is 0 Å². The molecule has 0 saturated carbocycles. The molecule has 0 unspecified atom stereocenters. The van der Waals surface area contributed by atoms with Crippen molar-refractivity contribution in [2.24, 2.45) is 0 Å². The Labute approximate surface area is 74.2 Å². The molecule has 0 radical (unpaired) electrons. The molecule has 68 valence electrons. The highest BCUT2D eigenvalue weighted by Gasteiger charge is 1.86. The van der Waals surface area contributed by atoms with E-state index in [1.807, 2.05) is 32.0 Å². The maximum Gasteiger partial charge on any atom is 0.448 e. The van der Waals surface area contributed by atoms with E-state index in [2.05, 4.69) is 4.98 Å². The summed E-state index contributed by atoms with van der Waals surface area (Å²) in [6.45, 7) is 5.28. The second-order valence-electron chi connectivity index (χ2n) is 1.66. The monoisotopic (exact) mass is 169 g/mol. The highest BCUT2D eigenvalue weighted by Crippen LogP contribution is 1.73. The molecule has 1 heterocycles. The van der Waals surface area contributed by atoms with Crippen molar-refractivity contribution < 1.29 is 10.0 Å². The van der Waals surface area contributed by atoms with Crippen molar-refractivity contribution in [1.82, 2.24) is 4.98 Å². The van der Waals surface area contributed by atoms with Crippen LogP contribution in [0.2, 0.25) is 6.82 Å². The lowest BCUT2D eigenvalue weighted by molar-refractivity contribution is 0.417. The molecule has 1 aromatic heterocycles. The summed E-state index contributed by atoms with van der Waals surface area (Å²) in [7, 11) is -1.17. The molecule has 2 N–H and O–H groups in total. The van der Waals surface area contributed by atoms with Gasteiger partial charge in [-0.3, -0.25) is 4.98 Å². The van der Waals surface area contributed by atoms with E-state index in [1.165, 1.54) is 6.82 Å². The third kappa shape index (κ3) is 22.9. The summed E-state index contributed by atoms with van der Waals surface area (Å²) < 4.78 is 0. The number of hydrogen-bond donors (Lipinski definition) is 2. The Morgan fingerprint density at radius 3 is 1.42 bits per heavy atom. The first kappa shape index (κ1) is 13.7. The van der Waals surface area contributed by atoms with Gasteiger partial charge in [0.2, 0.25) is 0 Å². The van der Waals surface area contributed by atoms with Gasteiger partial charge in [-0.1, -0.05) is 19.9 Å². The number of hydrogen-bond acceptors (Lipinski definition) is 3. The number of rotatable bonds is 0. The van der Waals surface area contributed by atoms with Gasteiger partial charge in [0, 0.05) is 12.4 Å². The average molecular weight is 169 g/mol. The van der Waals surface area contributed by atoms with Crippen LogP contribution < -0.4 is 0 Å². The van der Waals surface area contributed by atoms with Gasteiger partial charge in [0.25, 0.3) is 0 Å². The first-order valence-electron chi connectivity index (χ1n) is 3.94. The van der Waals surface area contributed by atoms with Crippen molar-refractivity contribution in [2.45, 2.75) is 20.7 Å². The normalized spacial score (nSPS) is 6.75. The lowest BCUT2D eigenvalue weighted by Gasteiger charge is -1.71. The number of pyridine rings is 1. The first-order chi connectivity index (χ1) is 5.73. The Balaban J connectivity index is 0. The molecule has 0 fully saturated rings. The van der Waals surface area contributed by atoms with Crippen LogP contribution in [0.15, 0.2) is 30.6 Å². The summed E-state index contributed by atoms with van der Waals surface area (Å²) in [5.41, 5.74) is 0. The predicted octanol–water partition coefficient (Wildman–Crippen LogP) is 1.20. The van der Waals surface area contributed by atoms with E-state index >= 15 is 0 Å². The minimum absolute atomic E-state index is 1.17. The molecule has 0 saturated heterocycles. The molecular formula is C8H16BNO2. The van der Waals surface area contributed by atoms with Crippen LogP contribution in [0.1, 0.15) is 13.8 Å². The molecule has 0 aromatic carbocycles. The zero-order valence-corrected chi connectivity index (χ0v) is 7.81. The van der Waals surface area contributed by atoms with Crippen molar-refractivity contribution in [2.75, 3.05) is 0 Å². The van der Waals surface area contributed by atoms with Crippen molar-refractivity contribution in [3.63, 3.8) is 0 Å². The second-order valence-corrected chi connectivity index (χ2v) is 1.66. The maximum atomic E-state index is 7.61. The van der Waals surface area contributed by atoms with Gasteiger partial charge < -0.3 is 10.0 Å². The summed E-state index contributed by atoms with van der Waals surface area (Å²) in [4.78, 5) is 3.78. The topological polar surface area (TPSA) is 53.4 Å². The van der Waals surface area contributed by atoms with Gasteiger partial charge in [-0.2, -0.15) is 0 Å². The van der Waals surface area contributed by atoms with E-state index in [1.54, 1.807) is 12.4 Å². The van der Waals surface area contributed by atoms with Gasteiger partial charge in [-0.05, 0) is 19.0 Å². The van der Waals surface area contributed by atoms with Crippen LogP contribution in [0, 0.1) is 0 Å². The molecule has 1 aromatic rings. The van der Waals surface area contributed by atoms with E-state index in [4.69, 9.17) is 10.0 Å². The van der Waals surface area contributed by atoms with Gasteiger partial charge in [0.15, 0.2) is 0 Å². The second kappa shape index (κ2) is 12.8. The summed E-state index contributed by atoms with van der Waals surface area (Å²) in [5, 5.41) is 15.2. The Kier molecular flexibility index (Phi) is 14.6. The Hall–Kier alpha value is -0.865. The van der Waals surface area contributed by atoms with Crippen molar-refractivity contribution in [3.8, 4) is 0 Å². The van der Waals surface area contributed by atoms with E-state index in [0.717, 1.165) is 0 Å². The van der Waals surface area contributed by atoms with E-state index < -0.39 is 7.12 Å². The summed E-state index contributed by atoms with van der Waals surface area (Å²) in [5.74, 6) is 0. The van der Waals surface area contributed by atoms with Crippen LogP contribution in [0.4, 0.5) is 0 Å². The van der Waals surface area contributed by atoms with Gasteiger partial charge in [0.1, 0.15) is 0 Å². The molecule has 0 aliphatic carbocycles. The Bertz CT molecular complexity index is 118. The molecule has 0 bridgehead atoms. The van der Waals surface area contributed by atoms with E-state index in [9.17, 15) is 0 Å². The lowest BCUT2D eigenvalue weighted by atomic mass is 9.99. The zero-order valence-electron chi connectivity index (χ0n) is 7.81. The van der Waals surface area contributed by atoms with Crippen LogP contribution in [0.3, 0.4) is 0 Å². The molecule has 4 heteroatoms. The fourth-order valence-corrected chi connectivity index (χ4v) is 0.313. The SMILES string of the molecule is CB(O)O.CC.c1ccncc1. The molecule has 12 heavy (non-hydrogen) atoms. The third-order valence-corrected chi connectivity index (χ3v) is 0.566. The fourth-order valence-electron chi connectivity index (χ4n) is 0.313. The highest BCUT2D eigenvalue weighted by molar-refractivity contribution is 6.38. The molecular weight excluding hydrogens is 153 g/mol. The molecule has 0 aliphatic rings. The maximum absolute atomic E-state index is 7.61. The third-order valence-electron chi connectivity index (χ3n) is 0.566. The summed E-state index contributed by atoms with van der Waals surface area (Å²) >= 11 is 0. The molecule has 3 nitrogen and oxygen atoms in total. The number of aromatic nitrogens is 1. The van der Waals surface area contributed by atoms with Crippen LogP contribution in [-0.4, -0.2) is 22.2 Å². The quantitative estimate of drug-likeness (QED) is 0.573. The first-order valence-corrected chi connectivity index (χ1v) is 3.94. The van der Waals surface area contributed by atoms with E-state index in [-0.39, 0.29) is 0 Å². The minimum atomic E-state index is -1.17. The minimum Gasteiger partial charge on any atom is -0.427 e. The van der Waals surface area contributed by atoms with Crippen LogP contribution in [0.25, 0.3) is 0 Å². The molecule has 0 amide bonds. The fraction of sp³-hybridized carbons (Fsp3) is 0.375. The molecule has 1 rings (SSSR count). The van der Waals surface area contributed by atoms with Gasteiger partial charge in [-0.25, -0.2) is 0 Å².